The monoisotopic (exact) mass is 358 g/mol. The van der Waals surface area contributed by atoms with Crippen LogP contribution in [0, 0.1) is 5.82 Å². The first kappa shape index (κ1) is 16.8. The Hall–Kier alpha value is -1.62. The molecule has 0 atom stereocenters. The van der Waals surface area contributed by atoms with Crippen molar-refractivity contribution in [3.63, 3.8) is 0 Å². The molecule has 0 unspecified atom stereocenters. The molecular formula is C20H23FN2OS. The number of benzene rings is 1. The van der Waals surface area contributed by atoms with E-state index in [1.165, 1.54) is 23.6 Å². The topological polar surface area (TPSA) is 33.2 Å². The van der Waals surface area contributed by atoms with E-state index in [4.69, 9.17) is 4.98 Å². The number of pyridine rings is 1. The second-order valence-electron chi connectivity index (χ2n) is 6.97. The number of carbonyl (C=O) groups excluding carboxylic acids is 1. The number of hydrogen-bond acceptors (Lipinski definition) is 3. The number of aromatic nitrogens is 1. The van der Waals surface area contributed by atoms with Gasteiger partial charge in [-0.25, -0.2) is 9.37 Å². The minimum atomic E-state index is -0.206. The van der Waals surface area contributed by atoms with E-state index in [9.17, 15) is 9.18 Å². The van der Waals surface area contributed by atoms with Crippen LogP contribution in [0.25, 0.3) is 10.9 Å². The number of fused-ring (bicyclic) bond motifs is 3. The van der Waals surface area contributed by atoms with Gasteiger partial charge in [-0.3, -0.25) is 4.79 Å². The zero-order valence-electron chi connectivity index (χ0n) is 14.4. The van der Waals surface area contributed by atoms with E-state index in [1.54, 1.807) is 23.9 Å². The first-order valence-corrected chi connectivity index (χ1v) is 10.2. The van der Waals surface area contributed by atoms with Crippen molar-refractivity contribution in [1.29, 1.82) is 0 Å². The molecule has 1 aromatic carbocycles. The van der Waals surface area contributed by atoms with Gasteiger partial charge in [0.1, 0.15) is 10.8 Å². The molecule has 2 heterocycles. The second-order valence-corrected chi connectivity index (χ2v) is 7.94. The van der Waals surface area contributed by atoms with E-state index >= 15 is 0 Å². The number of nitrogens with zero attached hydrogens (tertiary/aromatic N) is 2. The van der Waals surface area contributed by atoms with Crippen LogP contribution >= 0.6 is 11.8 Å². The Kier molecular flexibility index (Phi) is 4.93. The highest BCUT2D eigenvalue weighted by atomic mass is 32.2. The summed E-state index contributed by atoms with van der Waals surface area (Å²) in [6, 6.07) is 4.84. The van der Waals surface area contributed by atoms with Gasteiger partial charge in [0.05, 0.1) is 11.3 Å². The van der Waals surface area contributed by atoms with Crippen molar-refractivity contribution in [3.8, 4) is 0 Å². The average Bonchev–Trinajstić information content (AvgIpc) is 2.67. The molecular weight excluding hydrogens is 335 g/mol. The quantitative estimate of drug-likeness (QED) is 0.765. The maximum atomic E-state index is 13.7. The molecule has 1 fully saturated rings. The van der Waals surface area contributed by atoms with Crippen molar-refractivity contribution < 1.29 is 9.18 Å². The molecule has 0 N–H and O–H groups in total. The highest BCUT2D eigenvalue weighted by molar-refractivity contribution is 7.99. The van der Waals surface area contributed by atoms with E-state index in [0.717, 1.165) is 67.5 Å². The maximum Gasteiger partial charge on any atom is 0.232 e. The molecule has 4 rings (SSSR count). The lowest BCUT2D eigenvalue weighted by Crippen LogP contribution is -2.36. The molecule has 5 heteroatoms. The Morgan fingerprint density at radius 1 is 1.08 bits per heavy atom. The van der Waals surface area contributed by atoms with Crippen LogP contribution < -0.4 is 0 Å². The molecule has 1 amide bonds. The highest BCUT2D eigenvalue weighted by Crippen LogP contribution is 2.35. The van der Waals surface area contributed by atoms with Crippen LogP contribution in [0.3, 0.4) is 0 Å². The first-order chi connectivity index (χ1) is 12.2. The number of hydrogen-bond donors (Lipinski definition) is 0. The van der Waals surface area contributed by atoms with E-state index < -0.39 is 0 Å². The number of halogens is 1. The molecule has 0 spiro atoms. The van der Waals surface area contributed by atoms with E-state index in [2.05, 4.69) is 0 Å². The zero-order valence-corrected chi connectivity index (χ0v) is 15.2. The van der Waals surface area contributed by atoms with Gasteiger partial charge in [-0.1, -0.05) is 11.8 Å². The van der Waals surface area contributed by atoms with Crippen LogP contribution in [0.4, 0.5) is 4.39 Å². The van der Waals surface area contributed by atoms with E-state index in [1.807, 2.05) is 4.90 Å². The van der Waals surface area contributed by atoms with Gasteiger partial charge in [-0.05, 0) is 74.3 Å². The molecule has 3 nitrogen and oxygen atoms in total. The lowest BCUT2D eigenvalue weighted by molar-refractivity contribution is -0.129. The van der Waals surface area contributed by atoms with Gasteiger partial charge in [0.15, 0.2) is 0 Å². The van der Waals surface area contributed by atoms with Crippen LogP contribution in [0.5, 0.6) is 0 Å². The van der Waals surface area contributed by atoms with Crippen molar-refractivity contribution in [2.75, 3.05) is 18.8 Å². The molecule has 0 radical (unpaired) electrons. The molecule has 1 aromatic heterocycles. The van der Waals surface area contributed by atoms with Gasteiger partial charge >= 0.3 is 0 Å². The Morgan fingerprint density at radius 3 is 2.64 bits per heavy atom. The predicted molar refractivity (Wildman–Crippen MR) is 99.5 cm³/mol. The first-order valence-electron chi connectivity index (χ1n) is 9.24. The SMILES string of the molecule is O=C(CSc1nc2ccc(F)cc2c2c1CCCC2)N1CCCCC1. The van der Waals surface area contributed by atoms with Gasteiger partial charge < -0.3 is 4.90 Å². The summed E-state index contributed by atoms with van der Waals surface area (Å²) in [5.41, 5.74) is 3.32. The maximum absolute atomic E-state index is 13.7. The summed E-state index contributed by atoms with van der Waals surface area (Å²) >= 11 is 1.56. The highest BCUT2D eigenvalue weighted by Gasteiger charge is 2.21. The molecule has 1 aliphatic carbocycles. The summed E-state index contributed by atoms with van der Waals surface area (Å²) in [7, 11) is 0. The predicted octanol–water partition coefficient (Wildman–Crippen LogP) is 4.36. The second kappa shape index (κ2) is 7.32. The third kappa shape index (κ3) is 3.52. The van der Waals surface area contributed by atoms with Gasteiger partial charge in [-0.15, -0.1) is 0 Å². The Bertz CT molecular complexity index is 802. The number of piperidine rings is 1. The molecule has 2 aromatic rings. The smallest absolute Gasteiger partial charge is 0.232 e. The number of likely N-dealkylation sites (tertiary alicyclic amines) is 1. The van der Waals surface area contributed by atoms with E-state index in [0.29, 0.717) is 5.75 Å². The minimum Gasteiger partial charge on any atom is -0.342 e. The summed E-state index contributed by atoms with van der Waals surface area (Å²) < 4.78 is 13.7. The average molecular weight is 358 g/mol. The fourth-order valence-electron chi connectivity index (χ4n) is 3.95. The molecule has 0 saturated carbocycles. The molecule has 1 saturated heterocycles. The largest absolute Gasteiger partial charge is 0.342 e. The van der Waals surface area contributed by atoms with Crippen LogP contribution in [0.15, 0.2) is 23.2 Å². The number of aryl methyl sites for hydroxylation is 1. The zero-order chi connectivity index (χ0) is 17.2. The normalized spacial score (nSPS) is 17.6. The fraction of sp³-hybridized carbons (Fsp3) is 0.500. The Labute approximate surface area is 152 Å². The summed E-state index contributed by atoms with van der Waals surface area (Å²) in [6.07, 6.45) is 7.70. The molecule has 25 heavy (non-hydrogen) atoms. The number of thioether (sulfide) groups is 1. The Balaban J connectivity index is 1.60. The summed E-state index contributed by atoms with van der Waals surface area (Å²) in [4.78, 5) is 19.2. The van der Waals surface area contributed by atoms with Crippen molar-refractivity contribution in [2.45, 2.75) is 50.0 Å². The third-order valence-electron chi connectivity index (χ3n) is 5.27. The van der Waals surface area contributed by atoms with Gasteiger partial charge in [0, 0.05) is 18.5 Å². The summed E-state index contributed by atoms with van der Waals surface area (Å²) in [5.74, 6) is 0.463. The molecule has 1 aliphatic heterocycles. The molecule has 0 bridgehead atoms. The lowest BCUT2D eigenvalue weighted by Gasteiger charge is -2.27. The third-order valence-corrected chi connectivity index (χ3v) is 6.28. The number of carbonyl (C=O) groups is 1. The van der Waals surface area contributed by atoms with Crippen LogP contribution in [-0.2, 0) is 17.6 Å². The standard InChI is InChI=1S/C20H23FN2OS/c21-14-8-9-18-17(12-14)15-6-2-3-7-16(15)20(22-18)25-13-19(24)23-10-4-1-5-11-23/h8-9,12H,1-7,10-11,13H2. The molecule has 132 valence electrons. The minimum absolute atomic E-state index is 0.206. The number of amides is 1. The van der Waals surface area contributed by atoms with E-state index in [-0.39, 0.29) is 11.7 Å². The fourth-order valence-corrected chi connectivity index (χ4v) is 4.95. The molecule has 2 aliphatic rings. The summed E-state index contributed by atoms with van der Waals surface area (Å²) in [6.45, 7) is 1.78. The van der Waals surface area contributed by atoms with Crippen molar-refractivity contribution in [1.82, 2.24) is 9.88 Å². The van der Waals surface area contributed by atoms with Crippen LogP contribution in [0.2, 0.25) is 0 Å². The van der Waals surface area contributed by atoms with Gasteiger partial charge in [0.25, 0.3) is 0 Å². The Morgan fingerprint density at radius 2 is 1.84 bits per heavy atom. The van der Waals surface area contributed by atoms with Crippen LogP contribution in [-0.4, -0.2) is 34.6 Å². The van der Waals surface area contributed by atoms with Crippen molar-refractivity contribution in [3.05, 3.63) is 35.1 Å². The van der Waals surface area contributed by atoms with Crippen molar-refractivity contribution >= 4 is 28.6 Å². The summed E-state index contributed by atoms with van der Waals surface area (Å²) in [5, 5.41) is 1.92. The van der Waals surface area contributed by atoms with Crippen LogP contribution in [0.1, 0.15) is 43.2 Å². The van der Waals surface area contributed by atoms with Gasteiger partial charge in [0.2, 0.25) is 5.91 Å². The lowest BCUT2D eigenvalue weighted by atomic mass is 9.90. The van der Waals surface area contributed by atoms with Gasteiger partial charge in [-0.2, -0.15) is 0 Å². The number of rotatable bonds is 3. The van der Waals surface area contributed by atoms with Crippen molar-refractivity contribution in [2.24, 2.45) is 0 Å².